The second-order valence-electron chi connectivity index (χ2n) is 6.25. The summed E-state index contributed by atoms with van der Waals surface area (Å²) in [6.45, 7) is 12.4. The molecule has 0 aliphatic carbocycles. The molecule has 1 aliphatic rings. The summed E-state index contributed by atoms with van der Waals surface area (Å²) in [6, 6.07) is -0.293. The highest BCUT2D eigenvalue weighted by Crippen LogP contribution is 2.28. The molecule has 1 fully saturated rings. The lowest BCUT2D eigenvalue weighted by molar-refractivity contribution is -0.152. The van der Waals surface area contributed by atoms with Crippen LogP contribution in [-0.4, -0.2) is 35.3 Å². The van der Waals surface area contributed by atoms with Gasteiger partial charge < -0.3 is 10.2 Å². The van der Waals surface area contributed by atoms with Crippen molar-refractivity contribution >= 4 is 11.8 Å². The molecule has 0 bridgehead atoms. The van der Waals surface area contributed by atoms with E-state index in [-0.39, 0.29) is 41.8 Å². The molecule has 2 amide bonds. The molecular weight excluding hydrogens is 216 g/mol. The molecule has 0 radical (unpaired) electrons. The average Bonchev–Trinajstić information content (AvgIpc) is 2.18. The van der Waals surface area contributed by atoms with Crippen molar-refractivity contribution < 1.29 is 9.59 Å². The molecule has 98 valence electrons. The van der Waals surface area contributed by atoms with Crippen LogP contribution < -0.4 is 5.32 Å². The molecule has 4 heteroatoms. The zero-order valence-corrected chi connectivity index (χ0v) is 11.7. The van der Waals surface area contributed by atoms with Gasteiger partial charge in [-0.1, -0.05) is 34.6 Å². The van der Waals surface area contributed by atoms with Crippen molar-refractivity contribution in [3.05, 3.63) is 0 Å². The van der Waals surface area contributed by atoms with Crippen LogP contribution in [0, 0.1) is 11.3 Å². The highest BCUT2D eigenvalue weighted by Gasteiger charge is 2.42. The first-order valence-electron chi connectivity index (χ1n) is 6.25. The SMILES string of the molecule is CC(C)C1C(=O)NCC(=O)N1C(C)C(C)(C)C. The second kappa shape index (κ2) is 4.67. The minimum absolute atomic E-state index is 0.0192. The third kappa shape index (κ3) is 2.79. The van der Waals surface area contributed by atoms with Crippen molar-refractivity contribution in [2.45, 2.75) is 53.6 Å². The lowest BCUT2D eigenvalue weighted by Crippen LogP contribution is -2.64. The summed E-state index contributed by atoms with van der Waals surface area (Å²) in [4.78, 5) is 25.7. The molecule has 1 heterocycles. The highest BCUT2D eigenvalue weighted by molar-refractivity contribution is 5.95. The molecule has 0 aromatic carbocycles. The fraction of sp³-hybridized carbons (Fsp3) is 0.846. The van der Waals surface area contributed by atoms with Gasteiger partial charge in [-0.2, -0.15) is 0 Å². The summed E-state index contributed by atoms with van der Waals surface area (Å²) in [5, 5.41) is 2.67. The van der Waals surface area contributed by atoms with Gasteiger partial charge in [0.2, 0.25) is 11.8 Å². The molecule has 1 aliphatic heterocycles. The molecule has 0 aromatic rings. The Morgan fingerprint density at radius 1 is 1.24 bits per heavy atom. The van der Waals surface area contributed by atoms with Crippen LogP contribution in [-0.2, 0) is 9.59 Å². The van der Waals surface area contributed by atoms with Crippen molar-refractivity contribution in [1.29, 1.82) is 0 Å². The molecule has 1 rings (SSSR count). The largest absolute Gasteiger partial charge is 0.345 e. The zero-order chi connectivity index (χ0) is 13.4. The summed E-state index contributed by atoms with van der Waals surface area (Å²) in [5.41, 5.74) is -0.0274. The Morgan fingerprint density at radius 2 is 1.76 bits per heavy atom. The Bertz CT molecular complexity index is 318. The van der Waals surface area contributed by atoms with Gasteiger partial charge in [0, 0.05) is 6.04 Å². The Hall–Kier alpha value is -1.06. The fourth-order valence-electron chi connectivity index (χ4n) is 2.14. The number of piperazine rings is 1. The molecule has 2 unspecified atom stereocenters. The van der Waals surface area contributed by atoms with Crippen LogP contribution in [0.1, 0.15) is 41.5 Å². The maximum Gasteiger partial charge on any atom is 0.243 e. The number of nitrogens with zero attached hydrogens (tertiary/aromatic N) is 1. The van der Waals surface area contributed by atoms with Gasteiger partial charge in [0.1, 0.15) is 6.04 Å². The van der Waals surface area contributed by atoms with Crippen LogP contribution in [0.3, 0.4) is 0 Å². The first-order valence-corrected chi connectivity index (χ1v) is 6.25. The normalized spacial score (nSPS) is 23.9. The van der Waals surface area contributed by atoms with Gasteiger partial charge in [-0.15, -0.1) is 0 Å². The van der Waals surface area contributed by atoms with Gasteiger partial charge in [0.25, 0.3) is 0 Å². The summed E-state index contributed by atoms with van der Waals surface area (Å²) in [7, 11) is 0. The van der Waals surface area contributed by atoms with Gasteiger partial charge >= 0.3 is 0 Å². The molecule has 4 nitrogen and oxygen atoms in total. The van der Waals surface area contributed by atoms with Crippen molar-refractivity contribution in [3.8, 4) is 0 Å². The van der Waals surface area contributed by atoms with E-state index >= 15 is 0 Å². The summed E-state index contributed by atoms with van der Waals surface area (Å²) in [6.07, 6.45) is 0. The van der Waals surface area contributed by atoms with Gasteiger partial charge in [0.15, 0.2) is 0 Å². The van der Waals surface area contributed by atoms with Gasteiger partial charge in [-0.25, -0.2) is 0 Å². The topological polar surface area (TPSA) is 49.4 Å². The standard InChI is InChI=1S/C13H24N2O2/c1-8(2)11-12(17)14-7-10(16)15(11)9(3)13(4,5)6/h8-9,11H,7H2,1-6H3,(H,14,17). The van der Waals surface area contributed by atoms with E-state index in [4.69, 9.17) is 0 Å². The summed E-state index contributed by atoms with van der Waals surface area (Å²) < 4.78 is 0. The smallest absolute Gasteiger partial charge is 0.243 e. The van der Waals surface area contributed by atoms with Crippen LogP contribution in [0.25, 0.3) is 0 Å². The minimum Gasteiger partial charge on any atom is -0.345 e. The van der Waals surface area contributed by atoms with Gasteiger partial charge in [-0.05, 0) is 18.3 Å². The number of carbonyl (C=O) groups excluding carboxylic acids is 2. The quantitative estimate of drug-likeness (QED) is 0.793. The molecule has 1 N–H and O–H groups in total. The summed E-state index contributed by atoms with van der Waals surface area (Å²) >= 11 is 0. The van der Waals surface area contributed by atoms with Gasteiger partial charge in [-0.3, -0.25) is 9.59 Å². The van der Waals surface area contributed by atoms with Crippen LogP contribution in [0.4, 0.5) is 0 Å². The number of nitrogens with one attached hydrogen (secondary N) is 1. The summed E-state index contributed by atoms with van der Waals surface area (Å²) in [5.74, 6) is 0.116. The van der Waals surface area contributed by atoms with Crippen LogP contribution in [0.2, 0.25) is 0 Å². The lowest BCUT2D eigenvalue weighted by atomic mass is 9.84. The van der Waals surface area contributed by atoms with Gasteiger partial charge in [0.05, 0.1) is 6.54 Å². The maximum absolute atomic E-state index is 12.1. The molecule has 17 heavy (non-hydrogen) atoms. The minimum atomic E-state index is -0.342. The Morgan fingerprint density at radius 3 is 2.18 bits per heavy atom. The Labute approximate surface area is 104 Å². The van der Waals surface area contributed by atoms with E-state index in [1.165, 1.54) is 0 Å². The zero-order valence-electron chi connectivity index (χ0n) is 11.7. The van der Waals surface area contributed by atoms with Crippen molar-refractivity contribution in [2.75, 3.05) is 6.54 Å². The van der Waals surface area contributed by atoms with E-state index in [1.54, 1.807) is 4.90 Å². The Balaban J connectivity index is 3.05. The third-order valence-corrected chi connectivity index (χ3v) is 3.57. The number of hydrogen-bond donors (Lipinski definition) is 1. The third-order valence-electron chi connectivity index (χ3n) is 3.57. The van der Waals surface area contributed by atoms with Crippen LogP contribution in [0.5, 0.6) is 0 Å². The van der Waals surface area contributed by atoms with Crippen molar-refractivity contribution in [1.82, 2.24) is 10.2 Å². The predicted molar refractivity (Wildman–Crippen MR) is 67.4 cm³/mol. The maximum atomic E-state index is 12.1. The molecule has 2 atom stereocenters. The molecule has 0 spiro atoms. The molecular formula is C13H24N2O2. The Kier molecular flexibility index (Phi) is 3.84. The van der Waals surface area contributed by atoms with Crippen LogP contribution in [0.15, 0.2) is 0 Å². The first kappa shape index (κ1) is 14.0. The van der Waals surface area contributed by atoms with E-state index in [0.29, 0.717) is 0 Å². The lowest BCUT2D eigenvalue weighted by Gasteiger charge is -2.45. The number of hydrogen-bond acceptors (Lipinski definition) is 2. The first-order chi connectivity index (χ1) is 7.66. The van der Waals surface area contributed by atoms with E-state index in [0.717, 1.165) is 0 Å². The van der Waals surface area contributed by atoms with Crippen molar-refractivity contribution in [3.63, 3.8) is 0 Å². The number of amides is 2. The molecule has 0 saturated carbocycles. The second-order valence-corrected chi connectivity index (χ2v) is 6.25. The van der Waals surface area contributed by atoms with Crippen LogP contribution >= 0.6 is 0 Å². The monoisotopic (exact) mass is 240 g/mol. The molecule has 0 aromatic heterocycles. The predicted octanol–water partition coefficient (Wildman–Crippen LogP) is 1.40. The van der Waals surface area contributed by atoms with E-state index in [1.807, 2.05) is 20.8 Å². The molecule has 1 saturated heterocycles. The van der Waals surface area contributed by atoms with Crippen molar-refractivity contribution in [2.24, 2.45) is 11.3 Å². The van der Waals surface area contributed by atoms with E-state index < -0.39 is 0 Å². The number of carbonyl (C=O) groups is 2. The fourth-order valence-corrected chi connectivity index (χ4v) is 2.14. The van der Waals surface area contributed by atoms with E-state index in [9.17, 15) is 9.59 Å². The number of rotatable bonds is 2. The van der Waals surface area contributed by atoms with E-state index in [2.05, 4.69) is 26.1 Å². The average molecular weight is 240 g/mol. The highest BCUT2D eigenvalue weighted by atomic mass is 16.2.